The van der Waals surface area contributed by atoms with Crippen LogP contribution >= 0.6 is 0 Å². The maximum Gasteiger partial charge on any atom is 0.421 e. The van der Waals surface area contributed by atoms with Crippen LogP contribution in [-0.2, 0) is 4.79 Å². The van der Waals surface area contributed by atoms with Crippen molar-refractivity contribution in [2.75, 3.05) is 10.2 Å². The first-order chi connectivity index (χ1) is 7.56. The Hall–Kier alpha value is -2.57. The fourth-order valence-corrected chi connectivity index (χ4v) is 1.11. The van der Waals surface area contributed by atoms with E-state index in [1.165, 1.54) is 24.3 Å². The molecule has 0 aliphatic rings. The number of carbonyl (C=O) groups is 3. The van der Waals surface area contributed by atoms with Crippen LogP contribution in [0.3, 0.4) is 0 Å². The summed E-state index contributed by atoms with van der Waals surface area (Å²) in [7, 11) is 0. The van der Waals surface area contributed by atoms with Crippen LogP contribution in [0.1, 0.15) is 0 Å². The second kappa shape index (κ2) is 4.78. The van der Waals surface area contributed by atoms with Gasteiger partial charge in [-0.25, -0.2) is 9.59 Å². The lowest BCUT2D eigenvalue weighted by Gasteiger charge is -2.13. The van der Waals surface area contributed by atoms with Crippen molar-refractivity contribution in [2.45, 2.75) is 0 Å². The van der Waals surface area contributed by atoms with E-state index in [9.17, 15) is 14.4 Å². The average Bonchev–Trinajstić information content (AvgIpc) is 2.17. The van der Waals surface area contributed by atoms with Crippen molar-refractivity contribution >= 4 is 30.0 Å². The molecule has 0 aliphatic heterocycles. The van der Waals surface area contributed by atoms with E-state index >= 15 is 0 Å². The second-order valence-electron chi connectivity index (χ2n) is 2.71. The van der Waals surface area contributed by atoms with Crippen molar-refractivity contribution in [1.82, 2.24) is 0 Å². The van der Waals surface area contributed by atoms with E-state index in [-0.39, 0.29) is 10.6 Å². The molecule has 3 N–H and O–H groups in total. The average molecular weight is 224 g/mol. The first-order valence-electron chi connectivity index (χ1n) is 4.12. The zero-order valence-electron chi connectivity index (χ0n) is 7.95. The minimum Gasteiger partial charge on any atom is -0.464 e. The quantitative estimate of drug-likeness (QED) is 0.673. The van der Waals surface area contributed by atoms with Crippen LogP contribution in [-0.4, -0.2) is 28.8 Å². The molecule has 7 heteroatoms. The van der Waals surface area contributed by atoms with E-state index in [1.807, 2.05) is 0 Å². The summed E-state index contributed by atoms with van der Waals surface area (Å²) < 4.78 is 0. The number of hydrogen-bond acceptors (Lipinski definition) is 3. The molecular weight excluding hydrogens is 216 g/mol. The maximum atomic E-state index is 10.7. The molecule has 84 valence electrons. The number of hydrogen-bond donors (Lipinski definition) is 3. The van der Waals surface area contributed by atoms with Gasteiger partial charge in [0.15, 0.2) is 0 Å². The Labute approximate surface area is 89.9 Å². The van der Waals surface area contributed by atoms with E-state index in [2.05, 4.69) is 5.32 Å². The molecule has 16 heavy (non-hydrogen) atoms. The van der Waals surface area contributed by atoms with Gasteiger partial charge in [-0.1, -0.05) is 6.07 Å². The number of anilines is 2. The molecule has 0 aliphatic carbocycles. The first kappa shape index (κ1) is 11.5. The second-order valence-corrected chi connectivity index (χ2v) is 2.71. The summed E-state index contributed by atoms with van der Waals surface area (Å²) in [4.78, 5) is 31.6. The summed E-state index contributed by atoms with van der Waals surface area (Å²) >= 11 is 0. The summed E-state index contributed by atoms with van der Waals surface area (Å²) in [6.45, 7) is 0. The van der Waals surface area contributed by atoms with E-state index in [0.717, 1.165) is 0 Å². The number of carbonyl (C=O) groups excluding carboxylic acids is 1. The number of nitrogens with zero attached hydrogens (tertiary/aromatic N) is 1. The first-order valence-corrected chi connectivity index (χ1v) is 4.12. The molecule has 0 aromatic heterocycles. The molecule has 0 saturated heterocycles. The third-order valence-corrected chi connectivity index (χ3v) is 1.71. The molecule has 0 unspecified atom stereocenters. The maximum absolute atomic E-state index is 10.7. The smallest absolute Gasteiger partial charge is 0.421 e. The summed E-state index contributed by atoms with van der Waals surface area (Å²) in [6, 6.07) is 5.47. The number of benzene rings is 1. The van der Waals surface area contributed by atoms with Crippen molar-refractivity contribution in [3.05, 3.63) is 24.3 Å². The van der Waals surface area contributed by atoms with Crippen LogP contribution in [0.25, 0.3) is 0 Å². The van der Waals surface area contributed by atoms with E-state index in [1.54, 1.807) is 0 Å². The standard InChI is InChI=1S/C9H8N2O5/c12-5-10-6-2-1-3-7(4-6)11(8(13)14)9(15)16/h1-5H,(H,10,12)(H,13,14)(H,15,16). The Balaban J connectivity index is 3.09. The zero-order valence-corrected chi connectivity index (χ0v) is 7.95. The molecule has 0 bridgehead atoms. The van der Waals surface area contributed by atoms with Gasteiger partial charge in [0.25, 0.3) is 0 Å². The molecule has 1 aromatic carbocycles. The third kappa shape index (κ3) is 2.47. The summed E-state index contributed by atoms with van der Waals surface area (Å²) in [6.07, 6.45) is -2.82. The van der Waals surface area contributed by atoms with Gasteiger partial charge in [0, 0.05) is 5.69 Å². The van der Waals surface area contributed by atoms with Crippen LogP contribution in [0.15, 0.2) is 24.3 Å². The number of carboxylic acid groups (broad SMARTS) is 2. The van der Waals surface area contributed by atoms with Crippen LogP contribution in [0, 0.1) is 0 Å². The van der Waals surface area contributed by atoms with Gasteiger partial charge in [-0.3, -0.25) is 4.79 Å². The fraction of sp³-hybridized carbons (Fsp3) is 0. The number of nitrogens with one attached hydrogen (secondary N) is 1. The third-order valence-electron chi connectivity index (χ3n) is 1.71. The van der Waals surface area contributed by atoms with Crippen molar-refractivity contribution in [1.29, 1.82) is 0 Å². The molecule has 0 heterocycles. The van der Waals surface area contributed by atoms with E-state index in [4.69, 9.17) is 10.2 Å². The topological polar surface area (TPSA) is 107 Å². The lowest BCUT2D eigenvalue weighted by atomic mass is 10.2. The minimum atomic E-state index is -1.62. The van der Waals surface area contributed by atoms with Crippen LogP contribution in [0.4, 0.5) is 21.0 Å². The van der Waals surface area contributed by atoms with Gasteiger partial charge < -0.3 is 15.5 Å². The van der Waals surface area contributed by atoms with Crippen molar-refractivity contribution in [3.63, 3.8) is 0 Å². The molecule has 7 nitrogen and oxygen atoms in total. The Morgan fingerprint density at radius 2 is 1.88 bits per heavy atom. The molecule has 0 spiro atoms. The Kier molecular flexibility index (Phi) is 3.44. The van der Waals surface area contributed by atoms with Crippen molar-refractivity contribution < 1.29 is 24.6 Å². The van der Waals surface area contributed by atoms with E-state index < -0.39 is 12.2 Å². The molecular formula is C9H8N2O5. The molecule has 3 amide bonds. The van der Waals surface area contributed by atoms with Gasteiger partial charge in [-0.15, -0.1) is 0 Å². The van der Waals surface area contributed by atoms with Gasteiger partial charge in [0.2, 0.25) is 6.41 Å². The van der Waals surface area contributed by atoms with Crippen LogP contribution < -0.4 is 10.2 Å². The molecule has 0 fully saturated rings. The van der Waals surface area contributed by atoms with E-state index in [0.29, 0.717) is 12.1 Å². The Morgan fingerprint density at radius 3 is 2.38 bits per heavy atom. The molecule has 0 radical (unpaired) electrons. The highest BCUT2D eigenvalue weighted by molar-refractivity contribution is 6.08. The Morgan fingerprint density at radius 1 is 1.25 bits per heavy atom. The van der Waals surface area contributed by atoms with Gasteiger partial charge in [0.1, 0.15) is 0 Å². The van der Waals surface area contributed by atoms with Gasteiger partial charge in [0.05, 0.1) is 5.69 Å². The summed E-state index contributed by atoms with van der Waals surface area (Å²) in [5.41, 5.74) is 0.242. The minimum absolute atomic E-state index is 0.0631. The highest BCUT2D eigenvalue weighted by Gasteiger charge is 2.21. The number of amides is 3. The van der Waals surface area contributed by atoms with Crippen LogP contribution in [0.5, 0.6) is 0 Å². The largest absolute Gasteiger partial charge is 0.464 e. The van der Waals surface area contributed by atoms with Crippen molar-refractivity contribution in [2.24, 2.45) is 0 Å². The Bertz CT molecular complexity index is 418. The molecule has 1 rings (SSSR count). The highest BCUT2D eigenvalue weighted by Crippen LogP contribution is 2.19. The molecule has 0 atom stereocenters. The number of imide groups is 1. The predicted molar refractivity (Wildman–Crippen MR) is 54.7 cm³/mol. The lowest BCUT2D eigenvalue weighted by Crippen LogP contribution is -2.34. The number of rotatable bonds is 3. The zero-order chi connectivity index (χ0) is 12.1. The SMILES string of the molecule is O=CNc1cccc(N(C(=O)O)C(=O)O)c1. The monoisotopic (exact) mass is 224 g/mol. The normalized spacial score (nSPS) is 9.25. The lowest BCUT2D eigenvalue weighted by molar-refractivity contribution is -0.105. The van der Waals surface area contributed by atoms with Crippen LogP contribution in [0.2, 0.25) is 0 Å². The molecule has 1 aromatic rings. The van der Waals surface area contributed by atoms with Crippen molar-refractivity contribution in [3.8, 4) is 0 Å². The summed E-state index contributed by atoms with van der Waals surface area (Å²) in [5, 5.41) is 19.6. The molecule has 0 saturated carbocycles. The predicted octanol–water partition coefficient (Wildman–Crippen LogP) is 1.42. The highest BCUT2D eigenvalue weighted by atomic mass is 16.4. The van der Waals surface area contributed by atoms with Gasteiger partial charge >= 0.3 is 12.2 Å². The van der Waals surface area contributed by atoms with Gasteiger partial charge in [-0.2, -0.15) is 4.90 Å². The summed E-state index contributed by atoms with van der Waals surface area (Å²) in [5.74, 6) is 0. The van der Waals surface area contributed by atoms with Gasteiger partial charge in [-0.05, 0) is 18.2 Å². The fourth-order valence-electron chi connectivity index (χ4n) is 1.11.